The highest BCUT2D eigenvalue weighted by Gasteiger charge is 2.28. The molecule has 0 radical (unpaired) electrons. The lowest BCUT2D eigenvalue weighted by atomic mass is 10.0. The van der Waals surface area contributed by atoms with Gasteiger partial charge in [0.15, 0.2) is 0 Å². The van der Waals surface area contributed by atoms with E-state index in [-0.39, 0.29) is 30.0 Å². The third-order valence-electron chi connectivity index (χ3n) is 5.72. The van der Waals surface area contributed by atoms with Crippen LogP contribution in [0.2, 0.25) is 0 Å². The van der Waals surface area contributed by atoms with Gasteiger partial charge in [0.2, 0.25) is 5.91 Å². The largest absolute Gasteiger partial charge is 0.392 e. The van der Waals surface area contributed by atoms with Crippen molar-refractivity contribution < 1.29 is 9.90 Å². The van der Waals surface area contributed by atoms with Crippen LogP contribution in [0.3, 0.4) is 0 Å². The van der Waals surface area contributed by atoms with Crippen LogP contribution in [0.15, 0.2) is 59.5 Å². The van der Waals surface area contributed by atoms with Gasteiger partial charge in [-0.25, -0.2) is 4.98 Å². The zero-order valence-corrected chi connectivity index (χ0v) is 17.0. The summed E-state index contributed by atoms with van der Waals surface area (Å²) in [5.74, 6) is -0.00538. The molecule has 0 spiro atoms. The van der Waals surface area contributed by atoms with Crippen molar-refractivity contribution in [1.82, 2.24) is 19.8 Å². The van der Waals surface area contributed by atoms with E-state index in [1.807, 2.05) is 55.6 Å². The van der Waals surface area contributed by atoms with Gasteiger partial charge in [0.05, 0.1) is 35.8 Å². The molecule has 30 heavy (non-hydrogen) atoms. The number of β-amino-alcohol motifs (C(OH)–C–C–N with tert-alkyl or cyclic N) is 1. The molecule has 2 aromatic carbocycles. The van der Waals surface area contributed by atoms with Crippen molar-refractivity contribution in [2.75, 3.05) is 26.7 Å². The molecule has 1 aliphatic heterocycles. The first-order valence-corrected chi connectivity index (χ1v) is 10.2. The first-order chi connectivity index (χ1) is 14.5. The van der Waals surface area contributed by atoms with Gasteiger partial charge in [0, 0.05) is 26.7 Å². The summed E-state index contributed by atoms with van der Waals surface area (Å²) in [7, 11) is 1.83. The monoisotopic (exact) mass is 406 g/mol. The molecule has 156 valence electrons. The molecule has 4 rings (SSSR count). The summed E-state index contributed by atoms with van der Waals surface area (Å²) < 4.78 is 0. The zero-order valence-electron chi connectivity index (χ0n) is 17.0. The molecular formula is C23H26N4O3. The van der Waals surface area contributed by atoms with E-state index in [4.69, 9.17) is 0 Å². The number of aliphatic hydroxyl groups excluding tert-OH is 1. The molecule has 0 unspecified atom stereocenters. The lowest BCUT2D eigenvalue weighted by Gasteiger charge is -2.32. The third-order valence-corrected chi connectivity index (χ3v) is 5.72. The number of nitrogens with zero attached hydrogens (tertiary/aromatic N) is 3. The lowest BCUT2D eigenvalue weighted by Crippen LogP contribution is -2.39. The predicted octanol–water partition coefficient (Wildman–Crippen LogP) is 1.73. The average Bonchev–Trinajstić information content (AvgIpc) is 3.16. The number of amides is 1. The second kappa shape index (κ2) is 8.77. The van der Waals surface area contributed by atoms with Gasteiger partial charge in [-0.1, -0.05) is 36.4 Å². The van der Waals surface area contributed by atoms with Crippen LogP contribution in [0, 0.1) is 0 Å². The third kappa shape index (κ3) is 4.58. The van der Waals surface area contributed by atoms with Crippen LogP contribution < -0.4 is 5.56 Å². The number of aliphatic hydroxyl groups is 1. The standard InChI is InChI=1S/C23H26N4O3/c1-26(21(17-5-3-2-4-6-17)15-27-10-9-18(28)14-27)23(30)12-16-7-8-19-20(11-16)25-22(29)13-24-19/h2-8,11,13,18,21,28H,9-10,12,14-15H2,1H3,(H,25,29)/t18-,21-/m1/s1. The molecule has 7 nitrogen and oxygen atoms in total. The second-order valence-corrected chi connectivity index (χ2v) is 7.91. The van der Waals surface area contributed by atoms with Crippen molar-refractivity contribution in [2.24, 2.45) is 0 Å². The van der Waals surface area contributed by atoms with Gasteiger partial charge in [0.1, 0.15) is 0 Å². The number of carbonyl (C=O) groups is 1. The summed E-state index contributed by atoms with van der Waals surface area (Å²) in [4.78, 5) is 35.5. The summed E-state index contributed by atoms with van der Waals surface area (Å²) in [5, 5.41) is 9.88. The molecule has 1 aliphatic rings. The topological polar surface area (TPSA) is 89.5 Å². The average molecular weight is 406 g/mol. The Labute approximate surface area is 175 Å². The molecule has 0 saturated carbocycles. The van der Waals surface area contributed by atoms with Crippen molar-refractivity contribution >= 4 is 16.9 Å². The maximum atomic E-state index is 13.1. The van der Waals surface area contributed by atoms with E-state index in [1.165, 1.54) is 6.20 Å². The maximum absolute atomic E-state index is 13.1. The number of hydrogen-bond acceptors (Lipinski definition) is 5. The van der Waals surface area contributed by atoms with E-state index in [9.17, 15) is 14.7 Å². The van der Waals surface area contributed by atoms with E-state index in [1.54, 1.807) is 4.90 Å². The summed E-state index contributed by atoms with van der Waals surface area (Å²) in [5.41, 5.74) is 2.95. The second-order valence-electron chi connectivity index (χ2n) is 7.91. The van der Waals surface area contributed by atoms with Crippen molar-refractivity contribution in [2.45, 2.75) is 25.0 Å². The number of aromatic nitrogens is 2. The Morgan fingerprint density at radius 3 is 2.83 bits per heavy atom. The number of hydrogen-bond donors (Lipinski definition) is 2. The molecule has 7 heteroatoms. The van der Waals surface area contributed by atoms with Crippen LogP contribution in [0.4, 0.5) is 0 Å². The number of rotatable bonds is 6. The molecule has 2 atom stereocenters. The summed E-state index contributed by atoms with van der Waals surface area (Å²) in [6.45, 7) is 2.15. The Morgan fingerprint density at radius 2 is 2.10 bits per heavy atom. The molecule has 1 fully saturated rings. The Balaban J connectivity index is 1.53. The minimum absolute atomic E-state index is 0.00538. The fourth-order valence-electron chi connectivity index (χ4n) is 4.02. The van der Waals surface area contributed by atoms with Gasteiger partial charge < -0.3 is 15.0 Å². The highest BCUT2D eigenvalue weighted by molar-refractivity contribution is 5.81. The zero-order chi connectivity index (χ0) is 21.1. The molecule has 1 aromatic heterocycles. The van der Waals surface area contributed by atoms with Gasteiger partial charge in [-0.2, -0.15) is 0 Å². The molecule has 0 aliphatic carbocycles. The molecule has 2 N–H and O–H groups in total. The first kappa shape index (κ1) is 20.3. The van der Waals surface area contributed by atoms with Gasteiger partial charge in [-0.05, 0) is 29.7 Å². The van der Waals surface area contributed by atoms with E-state index < -0.39 is 0 Å². The highest BCUT2D eigenvalue weighted by Crippen LogP contribution is 2.24. The Hall–Kier alpha value is -3.03. The number of benzene rings is 2. The van der Waals surface area contributed by atoms with E-state index in [0.29, 0.717) is 24.1 Å². The summed E-state index contributed by atoms with van der Waals surface area (Å²) in [6.07, 6.45) is 1.95. The molecule has 0 bridgehead atoms. The number of aromatic amines is 1. The molecular weight excluding hydrogens is 380 g/mol. The number of nitrogens with one attached hydrogen (secondary N) is 1. The minimum atomic E-state index is -0.296. The van der Waals surface area contributed by atoms with Crippen molar-refractivity contribution in [3.63, 3.8) is 0 Å². The van der Waals surface area contributed by atoms with Crippen molar-refractivity contribution in [1.29, 1.82) is 0 Å². The van der Waals surface area contributed by atoms with Crippen LogP contribution >= 0.6 is 0 Å². The smallest absolute Gasteiger partial charge is 0.266 e. The number of H-pyrrole nitrogens is 1. The number of likely N-dealkylation sites (N-methyl/N-ethyl adjacent to an activating group) is 1. The predicted molar refractivity (Wildman–Crippen MR) is 115 cm³/mol. The maximum Gasteiger partial charge on any atom is 0.266 e. The number of fused-ring (bicyclic) bond motifs is 1. The Morgan fingerprint density at radius 1 is 1.30 bits per heavy atom. The lowest BCUT2D eigenvalue weighted by molar-refractivity contribution is -0.131. The van der Waals surface area contributed by atoms with Crippen LogP contribution in [0.25, 0.3) is 11.0 Å². The Kier molecular flexibility index (Phi) is 5.92. The van der Waals surface area contributed by atoms with Crippen molar-refractivity contribution in [3.8, 4) is 0 Å². The quantitative estimate of drug-likeness (QED) is 0.651. The fourth-order valence-corrected chi connectivity index (χ4v) is 4.02. The molecule has 3 aromatic rings. The molecule has 1 amide bonds. The number of carbonyl (C=O) groups excluding carboxylic acids is 1. The normalized spacial score (nSPS) is 17.9. The SMILES string of the molecule is CN(C(=O)Cc1ccc2ncc(=O)[nH]c2c1)[C@H](CN1CC[C@@H](O)C1)c1ccccc1. The fraction of sp³-hybridized carbons (Fsp3) is 0.348. The highest BCUT2D eigenvalue weighted by atomic mass is 16.3. The van der Waals surface area contributed by atoms with Crippen LogP contribution in [0.5, 0.6) is 0 Å². The van der Waals surface area contributed by atoms with Crippen LogP contribution in [-0.2, 0) is 11.2 Å². The first-order valence-electron chi connectivity index (χ1n) is 10.2. The number of likely N-dealkylation sites (tertiary alicyclic amines) is 1. The van der Waals surface area contributed by atoms with Crippen molar-refractivity contribution in [3.05, 3.63) is 76.2 Å². The van der Waals surface area contributed by atoms with Gasteiger partial charge >= 0.3 is 0 Å². The van der Waals surface area contributed by atoms with Gasteiger partial charge in [0.25, 0.3) is 5.56 Å². The van der Waals surface area contributed by atoms with Crippen LogP contribution in [0.1, 0.15) is 23.6 Å². The van der Waals surface area contributed by atoms with E-state index >= 15 is 0 Å². The van der Waals surface area contributed by atoms with Gasteiger partial charge in [-0.3, -0.25) is 14.5 Å². The summed E-state index contributed by atoms with van der Waals surface area (Å²) in [6, 6.07) is 15.4. The Bertz CT molecular complexity index is 1080. The minimum Gasteiger partial charge on any atom is -0.392 e. The van der Waals surface area contributed by atoms with E-state index in [0.717, 1.165) is 24.1 Å². The molecule has 1 saturated heterocycles. The van der Waals surface area contributed by atoms with Gasteiger partial charge in [-0.15, -0.1) is 0 Å². The molecule has 2 heterocycles. The van der Waals surface area contributed by atoms with E-state index in [2.05, 4.69) is 14.9 Å². The van der Waals surface area contributed by atoms with Crippen LogP contribution in [-0.4, -0.2) is 63.6 Å². The summed E-state index contributed by atoms with van der Waals surface area (Å²) >= 11 is 0.